The first kappa shape index (κ1) is 16.9. The highest BCUT2D eigenvalue weighted by atomic mass is 35.5. The van der Waals surface area contributed by atoms with E-state index in [9.17, 15) is 13.2 Å². The molecule has 0 bridgehead atoms. The third-order valence-corrected chi connectivity index (χ3v) is 4.71. The Morgan fingerprint density at radius 3 is 2.45 bits per heavy atom. The summed E-state index contributed by atoms with van der Waals surface area (Å²) in [5.41, 5.74) is 0.869. The Morgan fingerprint density at radius 2 is 1.95 bits per heavy atom. The summed E-state index contributed by atoms with van der Waals surface area (Å²) in [6.45, 7) is 3.63. The SMILES string of the molecule is CC(C)c1ccc(Cl)c(S(=O)(=O)NCC(=O)N(C)C)c1. The van der Waals surface area contributed by atoms with Crippen molar-refractivity contribution in [2.24, 2.45) is 0 Å². The summed E-state index contributed by atoms with van der Waals surface area (Å²) >= 11 is 5.95. The fourth-order valence-corrected chi connectivity index (χ4v) is 2.98. The van der Waals surface area contributed by atoms with Crippen LogP contribution >= 0.6 is 11.6 Å². The van der Waals surface area contributed by atoms with Crippen molar-refractivity contribution in [3.8, 4) is 0 Å². The second-order valence-electron chi connectivity index (χ2n) is 4.96. The highest BCUT2D eigenvalue weighted by Gasteiger charge is 2.20. The third kappa shape index (κ3) is 4.19. The summed E-state index contributed by atoms with van der Waals surface area (Å²) in [5, 5.41) is 0.138. The number of halogens is 1. The maximum Gasteiger partial charge on any atom is 0.242 e. The smallest absolute Gasteiger partial charge is 0.242 e. The normalized spacial score (nSPS) is 11.7. The van der Waals surface area contributed by atoms with Crippen LogP contribution in [0.1, 0.15) is 25.3 Å². The van der Waals surface area contributed by atoms with Crippen molar-refractivity contribution in [1.82, 2.24) is 9.62 Å². The third-order valence-electron chi connectivity index (χ3n) is 2.82. The van der Waals surface area contributed by atoms with Crippen LogP contribution in [0.2, 0.25) is 5.02 Å². The molecule has 0 spiro atoms. The van der Waals surface area contributed by atoms with Gasteiger partial charge in [-0.3, -0.25) is 4.79 Å². The van der Waals surface area contributed by atoms with E-state index in [2.05, 4.69) is 4.72 Å². The molecule has 0 saturated carbocycles. The average molecular weight is 319 g/mol. The van der Waals surface area contributed by atoms with Gasteiger partial charge in [0.15, 0.2) is 0 Å². The first-order chi connectivity index (χ1) is 9.15. The van der Waals surface area contributed by atoms with Crippen LogP contribution in [0.5, 0.6) is 0 Å². The number of hydrogen-bond donors (Lipinski definition) is 1. The Hall–Kier alpha value is -1.11. The van der Waals surface area contributed by atoms with Gasteiger partial charge in [-0.2, -0.15) is 0 Å². The first-order valence-electron chi connectivity index (χ1n) is 6.14. The van der Waals surface area contributed by atoms with Crippen LogP contribution in [0.3, 0.4) is 0 Å². The Bertz CT molecular complexity index is 598. The summed E-state index contributed by atoms with van der Waals surface area (Å²) in [5.74, 6) is -0.144. The maximum absolute atomic E-state index is 12.2. The lowest BCUT2D eigenvalue weighted by atomic mass is 10.0. The number of sulfonamides is 1. The second-order valence-corrected chi connectivity index (χ2v) is 7.10. The van der Waals surface area contributed by atoms with Gasteiger partial charge >= 0.3 is 0 Å². The van der Waals surface area contributed by atoms with E-state index in [-0.39, 0.29) is 28.3 Å². The molecule has 7 heteroatoms. The molecule has 0 aliphatic carbocycles. The molecule has 1 N–H and O–H groups in total. The van der Waals surface area contributed by atoms with Gasteiger partial charge in [-0.05, 0) is 23.6 Å². The van der Waals surface area contributed by atoms with Gasteiger partial charge in [0.05, 0.1) is 11.6 Å². The lowest BCUT2D eigenvalue weighted by molar-refractivity contribution is -0.127. The van der Waals surface area contributed by atoms with Gasteiger partial charge in [-0.15, -0.1) is 0 Å². The van der Waals surface area contributed by atoms with Crippen molar-refractivity contribution in [2.45, 2.75) is 24.7 Å². The van der Waals surface area contributed by atoms with Gasteiger partial charge in [-0.1, -0.05) is 31.5 Å². The Kier molecular flexibility index (Phi) is 5.56. The predicted octanol–water partition coefficient (Wildman–Crippen LogP) is 1.83. The van der Waals surface area contributed by atoms with Gasteiger partial charge < -0.3 is 4.90 Å². The van der Waals surface area contributed by atoms with E-state index < -0.39 is 10.0 Å². The number of nitrogens with one attached hydrogen (secondary N) is 1. The second kappa shape index (κ2) is 6.56. The van der Waals surface area contributed by atoms with Crippen LogP contribution in [0, 0.1) is 0 Å². The first-order valence-corrected chi connectivity index (χ1v) is 8.00. The number of nitrogens with zero attached hydrogens (tertiary/aromatic N) is 1. The van der Waals surface area contributed by atoms with E-state index in [4.69, 9.17) is 11.6 Å². The highest BCUT2D eigenvalue weighted by Crippen LogP contribution is 2.25. The molecular weight excluding hydrogens is 300 g/mol. The summed E-state index contributed by atoms with van der Waals surface area (Å²) in [7, 11) is -0.688. The quantitative estimate of drug-likeness (QED) is 0.900. The predicted molar refractivity (Wildman–Crippen MR) is 79.4 cm³/mol. The van der Waals surface area contributed by atoms with E-state index in [1.165, 1.54) is 11.0 Å². The van der Waals surface area contributed by atoms with Crippen molar-refractivity contribution in [3.63, 3.8) is 0 Å². The monoisotopic (exact) mass is 318 g/mol. The van der Waals surface area contributed by atoms with E-state index in [0.29, 0.717) is 0 Å². The van der Waals surface area contributed by atoms with Crippen molar-refractivity contribution < 1.29 is 13.2 Å². The molecule has 0 aromatic heterocycles. The zero-order chi connectivity index (χ0) is 15.5. The fourth-order valence-electron chi connectivity index (χ4n) is 1.48. The lowest BCUT2D eigenvalue weighted by Gasteiger charge is -2.13. The molecule has 1 rings (SSSR count). The number of hydrogen-bond acceptors (Lipinski definition) is 3. The van der Waals surface area contributed by atoms with Crippen molar-refractivity contribution >= 4 is 27.5 Å². The maximum atomic E-state index is 12.2. The van der Waals surface area contributed by atoms with E-state index in [1.54, 1.807) is 26.2 Å². The van der Waals surface area contributed by atoms with Gasteiger partial charge in [0.2, 0.25) is 15.9 Å². The average Bonchev–Trinajstić information content (AvgIpc) is 2.35. The molecule has 5 nitrogen and oxygen atoms in total. The van der Waals surface area contributed by atoms with Gasteiger partial charge in [-0.25, -0.2) is 13.1 Å². The van der Waals surface area contributed by atoms with Crippen LogP contribution < -0.4 is 4.72 Å². The molecule has 1 aromatic carbocycles. The zero-order valence-corrected chi connectivity index (χ0v) is 13.5. The molecule has 112 valence electrons. The van der Waals surface area contributed by atoms with Gasteiger partial charge in [0, 0.05) is 14.1 Å². The molecule has 0 fully saturated rings. The van der Waals surface area contributed by atoms with E-state index in [0.717, 1.165) is 5.56 Å². The molecule has 0 heterocycles. The zero-order valence-electron chi connectivity index (χ0n) is 12.0. The Balaban J connectivity index is 3.03. The molecule has 0 atom stereocenters. The number of carbonyl (C=O) groups excluding carboxylic acids is 1. The van der Waals surface area contributed by atoms with E-state index >= 15 is 0 Å². The van der Waals surface area contributed by atoms with Gasteiger partial charge in [0.25, 0.3) is 0 Å². The van der Waals surface area contributed by atoms with E-state index in [1.807, 2.05) is 13.8 Å². The van der Waals surface area contributed by atoms with Crippen molar-refractivity contribution in [3.05, 3.63) is 28.8 Å². The van der Waals surface area contributed by atoms with Crippen LogP contribution in [0.15, 0.2) is 23.1 Å². The topological polar surface area (TPSA) is 66.5 Å². The molecular formula is C13H19ClN2O3S. The Morgan fingerprint density at radius 1 is 1.35 bits per heavy atom. The molecule has 1 amide bonds. The summed E-state index contributed by atoms with van der Waals surface area (Å²) in [6, 6.07) is 4.88. The molecule has 20 heavy (non-hydrogen) atoms. The summed E-state index contributed by atoms with van der Waals surface area (Å²) in [4.78, 5) is 12.8. The summed E-state index contributed by atoms with van der Waals surface area (Å²) < 4.78 is 26.6. The standard InChI is InChI=1S/C13H19ClN2O3S/c1-9(2)10-5-6-11(14)12(7-10)20(18,19)15-8-13(17)16(3)4/h5-7,9,15H,8H2,1-4H3. The van der Waals surface area contributed by atoms with Crippen LogP contribution in [-0.4, -0.2) is 39.9 Å². The molecule has 0 aliphatic rings. The lowest BCUT2D eigenvalue weighted by Crippen LogP contribution is -2.36. The minimum Gasteiger partial charge on any atom is -0.348 e. The van der Waals surface area contributed by atoms with Crippen LogP contribution in [0.4, 0.5) is 0 Å². The number of likely N-dealkylation sites (N-methyl/N-ethyl adjacent to an activating group) is 1. The highest BCUT2D eigenvalue weighted by molar-refractivity contribution is 7.89. The minimum absolute atomic E-state index is 0.00285. The fraction of sp³-hybridized carbons (Fsp3) is 0.462. The number of amides is 1. The molecule has 0 unspecified atom stereocenters. The van der Waals surface area contributed by atoms with Crippen molar-refractivity contribution in [1.29, 1.82) is 0 Å². The number of benzene rings is 1. The van der Waals surface area contributed by atoms with Crippen LogP contribution in [-0.2, 0) is 14.8 Å². The largest absolute Gasteiger partial charge is 0.348 e. The van der Waals surface area contributed by atoms with Gasteiger partial charge in [0.1, 0.15) is 4.90 Å². The molecule has 0 saturated heterocycles. The molecule has 0 radical (unpaired) electrons. The van der Waals surface area contributed by atoms with Crippen molar-refractivity contribution in [2.75, 3.05) is 20.6 Å². The number of carbonyl (C=O) groups is 1. The molecule has 0 aliphatic heterocycles. The molecule has 1 aromatic rings. The number of rotatable bonds is 5. The minimum atomic E-state index is -3.80. The Labute approximate surface area is 125 Å². The summed E-state index contributed by atoms with van der Waals surface area (Å²) in [6.07, 6.45) is 0. The van der Waals surface area contributed by atoms with Crippen LogP contribution in [0.25, 0.3) is 0 Å².